The van der Waals surface area contributed by atoms with Crippen LogP contribution in [-0.2, 0) is 19.1 Å². The zero-order valence-corrected chi connectivity index (χ0v) is 13.8. The average Bonchev–Trinajstić information content (AvgIpc) is 2.49. The average molecular weight is 337 g/mol. The molecule has 0 saturated carbocycles. The van der Waals surface area contributed by atoms with Crippen LogP contribution >= 0.6 is 11.6 Å². The minimum Gasteiger partial charge on any atom is -0.466 e. The smallest absolute Gasteiger partial charge is 0.336 e. The van der Waals surface area contributed by atoms with Crippen molar-refractivity contribution in [1.29, 1.82) is 0 Å². The zero-order valence-electron chi connectivity index (χ0n) is 13.0. The maximum Gasteiger partial charge on any atom is 0.336 e. The number of esters is 1. The number of benzene rings is 1. The molecule has 0 spiro atoms. The van der Waals surface area contributed by atoms with Crippen molar-refractivity contribution in [2.75, 3.05) is 12.4 Å². The molecule has 1 atom stereocenters. The van der Waals surface area contributed by atoms with Gasteiger partial charge in [0.1, 0.15) is 0 Å². The third-order valence-electron chi connectivity index (χ3n) is 3.63. The second-order valence-corrected chi connectivity index (χ2v) is 5.70. The lowest BCUT2D eigenvalue weighted by Crippen LogP contribution is -2.40. The summed E-state index contributed by atoms with van der Waals surface area (Å²) in [5.41, 5.74) is 1.86. The number of carbonyl (C=O) groups is 3. The van der Waals surface area contributed by atoms with Gasteiger partial charge in [0.05, 0.1) is 18.6 Å². The molecule has 1 aromatic carbocycles. The summed E-state index contributed by atoms with van der Waals surface area (Å²) in [4.78, 5) is 36.1. The highest BCUT2D eigenvalue weighted by atomic mass is 35.5. The van der Waals surface area contributed by atoms with E-state index in [1.165, 1.54) is 7.11 Å². The Kier molecular flexibility index (Phi) is 5.05. The molecule has 1 aliphatic rings. The summed E-state index contributed by atoms with van der Waals surface area (Å²) in [6, 6.07) is 5.09. The quantitative estimate of drug-likeness (QED) is 0.828. The number of anilines is 1. The number of nitrogens with one attached hydrogen (secondary N) is 2. The molecule has 0 bridgehead atoms. The summed E-state index contributed by atoms with van der Waals surface area (Å²) in [7, 11) is 1.23. The number of aryl methyl sites for hydroxylation is 1. The van der Waals surface area contributed by atoms with E-state index in [-0.39, 0.29) is 17.9 Å². The van der Waals surface area contributed by atoms with Gasteiger partial charge < -0.3 is 15.4 Å². The topological polar surface area (TPSA) is 84.5 Å². The van der Waals surface area contributed by atoms with Gasteiger partial charge in [-0.2, -0.15) is 0 Å². The van der Waals surface area contributed by atoms with Gasteiger partial charge in [0.25, 0.3) is 0 Å². The molecule has 1 aliphatic heterocycles. The number of hydrogen-bond acceptors (Lipinski definition) is 4. The van der Waals surface area contributed by atoms with Crippen molar-refractivity contribution in [3.63, 3.8) is 0 Å². The van der Waals surface area contributed by atoms with Gasteiger partial charge in [-0.15, -0.1) is 0 Å². The molecule has 2 rings (SSSR count). The highest BCUT2D eigenvalue weighted by Gasteiger charge is 2.36. The summed E-state index contributed by atoms with van der Waals surface area (Å²) in [6.07, 6.45) is -0.118. The molecule has 23 heavy (non-hydrogen) atoms. The summed E-state index contributed by atoms with van der Waals surface area (Å²) < 4.78 is 4.71. The maximum atomic E-state index is 12.5. The highest BCUT2D eigenvalue weighted by molar-refractivity contribution is 6.31. The van der Waals surface area contributed by atoms with Crippen LogP contribution < -0.4 is 10.6 Å². The fourth-order valence-corrected chi connectivity index (χ4v) is 2.59. The summed E-state index contributed by atoms with van der Waals surface area (Å²) in [6.45, 7) is 3.41. The monoisotopic (exact) mass is 336 g/mol. The van der Waals surface area contributed by atoms with Gasteiger partial charge in [-0.1, -0.05) is 17.7 Å². The van der Waals surface area contributed by atoms with Crippen molar-refractivity contribution < 1.29 is 19.1 Å². The molecular weight excluding hydrogens is 320 g/mol. The first-order chi connectivity index (χ1) is 10.8. The normalized spacial score (nSPS) is 17.6. The Bertz CT molecular complexity index is 712. The molecule has 2 N–H and O–H groups in total. The summed E-state index contributed by atoms with van der Waals surface area (Å²) in [5.74, 6) is -2.32. The van der Waals surface area contributed by atoms with Crippen molar-refractivity contribution in [3.05, 3.63) is 40.1 Å². The summed E-state index contributed by atoms with van der Waals surface area (Å²) in [5, 5.41) is 5.75. The molecule has 0 saturated heterocycles. The number of ether oxygens (including phenoxy) is 1. The Balaban J connectivity index is 2.28. The molecule has 0 aliphatic carbocycles. The molecule has 1 unspecified atom stereocenters. The van der Waals surface area contributed by atoms with Gasteiger partial charge in [0, 0.05) is 22.8 Å². The third kappa shape index (κ3) is 3.71. The molecular formula is C16H17ClN2O4. The predicted molar refractivity (Wildman–Crippen MR) is 85.8 cm³/mol. The molecule has 0 fully saturated rings. The first-order valence-electron chi connectivity index (χ1n) is 6.99. The van der Waals surface area contributed by atoms with E-state index < -0.39 is 17.8 Å². The molecule has 7 heteroatoms. The molecule has 1 aromatic rings. The molecule has 0 radical (unpaired) electrons. The standard InChI is InChI=1S/C16H17ClN2O4/c1-8-4-5-10(6-12(8)17)19-15(21)11-7-13(20)18-9(2)14(11)16(22)23-3/h4-6,11H,7H2,1-3H3,(H,18,20)(H,19,21). The van der Waals surface area contributed by atoms with Crippen LogP contribution in [0.15, 0.2) is 29.5 Å². The number of hydrogen-bond donors (Lipinski definition) is 2. The van der Waals surface area contributed by atoms with Crippen molar-refractivity contribution in [2.24, 2.45) is 5.92 Å². The Morgan fingerprint density at radius 3 is 2.65 bits per heavy atom. The van der Waals surface area contributed by atoms with E-state index in [1.54, 1.807) is 25.1 Å². The largest absolute Gasteiger partial charge is 0.466 e. The second-order valence-electron chi connectivity index (χ2n) is 5.29. The Morgan fingerprint density at radius 1 is 1.35 bits per heavy atom. The Hall–Kier alpha value is -2.34. The highest BCUT2D eigenvalue weighted by Crippen LogP contribution is 2.26. The number of carbonyl (C=O) groups excluding carboxylic acids is 3. The van der Waals surface area contributed by atoms with Crippen LogP contribution in [0.2, 0.25) is 5.02 Å². The van der Waals surface area contributed by atoms with Gasteiger partial charge >= 0.3 is 5.97 Å². The van der Waals surface area contributed by atoms with Crippen LogP contribution in [0.25, 0.3) is 0 Å². The minimum absolute atomic E-state index is 0.118. The molecule has 1 heterocycles. The first-order valence-corrected chi connectivity index (χ1v) is 7.37. The molecule has 6 nitrogen and oxygen atoms in total. The van der Waals surface area contributed by atoms with E-state index in [4.69, 9.17) is 16.3 Å². The number of amides is 2. The van der Waals surface area contributed by atoms with Crippen molar-refractivity contribution in [2.45, 2.75) is 20.3 Å². The molecule has 2 amide bonds. The van der Waals surface area contributed by atoms with E-state index >= 15 is 0 Å². The lowest BCUT2D eigenvalue weighted by Gasteiger charge is -2.25. The van der Waals surface area contributed by atoms with E-state index in [0.717, 1.165) is 5.56 Å². The number of allylic oxidation sites excluding steroid dienone is 1. The van der Waals surface area contributed by atoms with Crippen LogP contribution in [0.5, 0.6) is 0 Å². The van der Waals surface area contributed by atoms with Gasteiger partial charge in [0.2, 0.25) is 11.8 Å². The SMILES string of the molecule is COC(=O)C1=C(C)NC(=O)CC1C(=O)Nc1ccc(C)c(Cl)c1. The third-order valence-corrected chi connectivity index (χ3v) is 4.04. The van der Waals surface area contributed by atoms with Gasteiger partial charge in [-0.3, -0.25) is 9.59 Å². The van der Waals surface area contributed by atoms with E-state index in [9.17, 15) is 14.4 Å². The van der Waals surface area contributed by atoms with E-state index in [0.29, 0.717) is 16.4 Å². The Labute approximate surface area is 138 Å². The zero-order chi connectivity index (χ0) is 17.1. The molecule has 0 aromatic heterocycles. The summed E-state index contributed by atoms with van der Waals surface area (Å²) >= 11 is 6.03. The van der Waals surface area contributed by atoms with Crippen molar-refractivity contribution in [3.8, 4) is 0 Å². The lowest BCUT2D eigenvalue weighted by molar-refractivity contribution is -0.139. The van der Waals surface area contributed by atoms with Gasteiger partial charge in [-0.05, 0) is 31.5 Å². The van der Waals surface area contributed by atoms with Crippen LogP contribution in [0.3, 0.4) is 0 Å². The van der Waals surface area contributed by atoms with Crippen molar-refractivity contribution in [1.82, 2.24) is 5.32 Å². The number of methoxy groups -OCH3 is 1. The fourth-order valence-electron chi connectivity index (χ4n) is 2.41. The van der Waals surface area contributed by atoms with Crippen LogP contribution in [0.1, 0.15) is 18.9 Å². The second kappa shape index (κ2) is 6.83. The molecule has 122 valence electrons. The number of rotatable bonds is 3. The van der Waals surface area contributed by atoms with Gasteiger partial charge in [-0.25, -0.2) is 4.79 Å². The lowest BCUT2D eigenvalue weighted by atomic mass is 9.89. The van der Waals surface area contributed by atoms with Crippen LogP contribution in [-0.4, -0.2) is 24.9 Å². The predicted octanol–water partition coefficient (Wildman–Crippen LogP) is 2.17. The Morgan fingerprint density at radius 2 is 2.04 bits per heavy atom. The van der Waals surface area contributed by atoms with Gasteiger partial charge in [0.15, 0.2) is 0 Å². The number of halogens is 1. The maximum absolute atomic E-state index is 12.5. The van der Waals surface area contributed by atoms with Crippen LogP contribution in [0, 0.1) is 12.8 Å². The van der Waals surface area contributed by atoms with E-state index in [2.05, 4.69) is 10.6 Å². The van der Waals surface area contributed by atoms with Crippen molar-refractivity contribution >= 4 is 35.1 Å². The van der Waals surface area contributed by atoms with Crippen LogP contribution in [0.4, 0.5) is 5.69 Å². The minimum atomic E-state index is -0.906. The fraction of sp³-hybridized carbons (Fsp3) is 0.312. The van der Waals surface area contributed by atoms with E-state index in [1.807, 2.05) is 6.92 Å². The first kappa shape index (κ1) is 17.0.